The molecule has 0 aromatic heterocycles. The van der Waals surface area contributed by atoms with Crippen molar-refractivity contribution in [1.29, 1.82) is 0 Å². The highest BCUT2D eigenvalue weighted by atomic mass is 35.5. The van der Waals surface area contributed by atoms with Crippen LogP contribution in [0.1, 0.15) is 32.1 Å². The Bertz CT molecular complexity index is 152. The lowest BCUT2D eigenvalue weighted by molar-refractivity contribution is -0.142. The monoisotopic (exact) mass is 193 g/mol. The largest absolute Gasteiger partial charge is 0.481 e. The molecule has 0 amide bonds. The zero-order chi connectivity index (χ0) is 8.27. The van der Waals surface area contributed by atoms with Gasteiger partial charge in [0.1, 0.15) is 0 Å². The molecule has 1 fully saturated rings. The number of carbonyl (C=O) groups is 1. The van der Waals surface area contributed by atoms with Crippen molar-refractivity contribution < 1.29 is 9.90 Å². The smallest absolute Gasteiger partial charge is 0.306 e. The van der Waals surface area contributed by atoms with Crippen LogP contribution in [-0.4, -0.2) is 17.1 Å². The molecule has 0 bridgehead atoms. The van der Waals surface area contributed by atoms with Crippen molar-refractivity contribution in [2.24, 2.45) is 11.7 Å². The predicted octanol–water partition coefficient (Wildman–Crippen LogP) is 1.40. The first-order valence-electron chi connectivity index (χ1n) is 4.18. The van der Waals surface area contributed by atoms with Gasteiger partial charge in [-0.15, -0.1) is 12.4 Å². The quantitative estimate of drug-likeness (QED) is 0.619. The van der Waals surface area contributed by atoms with E-state index >= 15 is 0 Å². The van der Waals surface area contributed by atoms with E-state index in [9.17, 15) is 4.79 Å². The molecule has 1 rings (SSSR count). The van der Waals surface area contributed by atoms with Crippen LogP contribution in [0.3, 0.4) is 0 Å². The minimum Gasteiger partial charge on any atom is -0.481 e. The Kier molecular flexibility index (Phi) is 5.25. The molecule has 72 valence electrons. The van der Waals surface area contributed by atoms with E-state index in [-0.39, 0.29) is 24.4 Å². The molecule has 0 aromatic rings. The zero-order valence-electron chi connectivity index (χ0n) is 7.03. The maximum atomic E-state index is 10.6. The number of rotatable bonds is 1. The summed E-state index contributed by atoms with van der Waals surface area (Å²) >= 11 is 0. The van der Waals surface area contributed by atoms with Crippen LogP contribution in [-0.2, 0) is 4.79 Å². The molecule has 1 aliphatic carbocycles. The maximum absolute atomic E-state index is 10.6. The number of carboxylic acid groups (broad SMARTS) is 1. The van der Waals surface area contributed by atoms with Gasteiger partial charge in [-0.1, -0.05) is 6.42 Å². The van der Waals surface area contributed by atoms with Crippen molar-refractivity contribution in [2.75, 3.05) is 0 Å². The molecule has 0 saturated heterocycles. The average Bonchev–Trinajstić information content (AvgIpc) is 2.13. The highest BCUT2D eigenvalue weighted by molar-refractivity contribution is 5.85. The molecule has 1 saturated carbocycles. The van der Waals surface area contributed by atoms with Crippen LogP contribution < -0.4 is 5.73 Å². The molecule has 0 aromatic carbocycles. The number of hydrogen-bond donors (Lipinski definition) is 2. The third-order valence-corrected chi connectivity index (χ3v) is 2.36. The van der Waals surface area contributed by atoms with Gasteiger partial charge in [0.2, 0.25) is 0 Å². The highest BCUT2D eigenvalue weighted by Gasteiger charge is 2.21. The summed E-state index contributed by atoms with van der Waals surface area (Å²) in [4.78, 5) is 10.6. The van der Waals surface area contributed by atoms with E-state index in [1.807, 2.05) is 0 Å². The van der Waals surface area contributed by atoms with Crippen molar-refractivity contribution in [1.82, 2.24) is 0 Å². The number of nitrogens with two attached hydrogens (primary N) is 1. The summed E-state index contributed by atoms with van der Waals surface area (Å²) < 4.78 is 0. The molecule has 2 atom stereocenters. The van der Waals surface area contributed by atoms with Crippen LogP contribution in [0.4, 0.5) is 0 Å². The molecular weight excluding hydrogens is 178 g/mol. The van der Waals surface area contributed by atoms with Crippen molar-refractivity contribution in [3.8, 4) is 0 Å². The van der Waals surface area contributed by atoms with Gasteiger partial charge in [-0.2, -0.15) is 0 Å². The molecule has 4 heteroatoms. The SMILES string of the molecule is Cl.NC1CCCC(C(=O)O)CC1. The zero-order valence-corrected chi connectivity index (χ0v) is 7.85. The van der Waals surface area contributed by atoms with Crippen molar-refractivity contribution in [3.63, 3.8) is 0 Å². The van der Waals surface area contributed by atoms with Crippen LogP contribution >= 0.6 is 12.4 Å². The summed E-state index contributed by atoms with van der Waals surface area (Å²) in [6.45, 7) is 0. The van der Waals surface area contributed by atoms with E-state index in [4.69, 9.17) is 10.8 Å². The molecule has 0 aliphatic heterocycles. The molecule has 0 heterocycles. The van der Waals surface area contributed by atoms with Crippen LogP contribution in [0.15, 0.2) is 0 Å². The first kappa shape index (κ1) is 11.7. The van der Waals surface area contributed by atoms with Gasteiger partial charge in [0.25, 0.3) is 0 Å². The Morgan fingerprint density at radius 1 is 1.25 bits per heavy atom. The number of carboxylic acids is 1. The predicted molar refractivity (Wildman–Crippen MR) is 49.4 cm³/mol. The molecule has 1 aliphatic rings. The van der Waals surface area contributed by atoms with Gasteiger partial charge in [-0.3, -0.25) is 4.79 Å². The molecule has 12 heavy (non-hydrogen) atoms. The van der Waals surface area contributed by atoms with Gasteiger partial charge in [0.05, 0.1) is 5.92 Å². The summed E-state index contributed by atoms with van der Waals surface area (Å²) in [6.07, 6.45) is 4.40. The van der Waals surface area contributed by atoms with Crippen LogP contribution in [0.25, 0.3) is 0 Å². The van der Waals surface area contributed by atoms with Crippen molar-refractivity contribution in [3.05, 3.63) is 0 Å². The third-order valence-electron chi connectivity index (χ3n) is 2.36. The second-order valence-electron chi connectivity index (χ2n) is 3.30. The van der Waals surface area contributed by atoms with Gasteiger partial charge in [-0.25, -0.2) is 0 Å². The molecule has 2 unspecified atom stereocenters. The van der Waals surface area contributed by atoms with Crippen LogP contribution in [0.2, 0.25) is 0 Å². The second-order valence-corrected chi connectivity index (χ2v) is 3.30. The standard InChI is InChI=1S/C8H15NO2.ClH/c9-7-3-1-2-6(4-5-7)8(10)11;/h6-7H,1-5,9H2,(H,10,11);1H. The van der Waals surface area contributed by atoms with Crippen molar-refractivity contribution in [2.45, 2.75) is 38.1 Å². The van der Waals surface area contributed by atoms with Gasteiger partial charge >= 0.3 is 5.97 Å². The third kappa shape index (κ3) is 3.41. The Balaban J connectivity index is 0.00000121. The van der Waals surface area contributed by atoms with Gasteiger partial charge in [-0.05, 0) is 25.7 Å². The molecule has 0 spiro atoms. The lowest BCUT2D eigenvalue weighted by Crippen LogP contribution is -2.19. The number of hydrogen-bond acceptors (Lipinski definition) is 2. The Labute approximate surface area is 78.7 Å². The Morgan fingerprint density at radius 3 is 2.50 bits per heavy atom. The van der Waals surface area contributed by atoms with E-state index in [0.29, 0.717) is 0 Å². The van der Waals surface area contributed by atoms with E-state index < -0.39 is 5.97 Å². The fraction of sp³-hybridized carbons (Fsp3) is 0.875. The topological polar surface area (TPSA) is 63.3 Å². The minimum atomic E-state index is -0.654. The summed E-state index contributed by atoms with van der Waals surface area (Å²) in [5.74, 6) is -0.789. The maximum Gasteiger partial charge on any atom is 0.306 e. The van der Waals surface area contributed by atoms with Crippen molar-refractivity contribution >= 4 is 18.4 Å². The Hall–Kier alpha value is -0.280. The van der Waals surface area contributed by atoms with Gasteiger partial charge in [0.15, 0.2) is 0 Å². The first-order chi connectivity index (χ1) is 5.20. The van der Waals surface area contributed by atoms with E-state index in [1.165, 1.54) is 0 Å². The lowest BCUT2D eigenvalue weighted by Gasteiger charge is -2.07. The van der Waals surface area contributed by atoms with E-state index in [1.54, 1.807) is 0 Å². The summed E-state index contributed by atoms with van der Waals surface area (Å²) in [5, 5.41) is 8.71. The summed E-state index contributed by atoms with van der Waals surface area (Å²) in [7, 11) is 0. The van der Waals surface area contributed by atoms with Crippen LogP contribution in [0, 0.1) is 5.92 Å². The summed E-state index contributed by atoms with van der Waals surface area (Å²) in [5.41, 5.74) is 5.70. The average molecular weight is 194 g/mol. The van der Waals surface area contributed by atoms with E-state index in [2.05, 4.69) is 0 Å². The molecule has 3 nitrogen and oxygen atoms in total. The normalized spacial score (nSPS) is 30.1. The van der Waals surface area contributed by atoms with E-state index in [0.717, 1.165) is 32.1 Å². The molecular formula is C8H16ClNO2. The molecule has 3 N–H and O–H groups in total. The van der Waals surface area contributed by atoms with Gasteiger partial charge in [0, 0.05) is 6.04 Å². The summed E-state index contributed by atoms with van der Waals surface area (Å²) in [6, 6.07) is 0.236. The highest BCUT2D eigenvalue weighted by Crippen LogP contribution is 2.22. The fourth-order valence-electron chi connectivity index (χ4n) is 1.58. The lowest BCUT2D eigenvalue weighted by atomic mass is 10.0. The Morgan fingerprint density at radius 2 is 1.92 bits per heavy atom. The fourth-order valence-corrected chi connectivity index (χ4v) is 1.58. The van der Waals surface area contributed by atoms with Gasteiger partial charge < -0.3 is 10.8 Å². The second kappa shape index (κ2) is 5.38. The van der Waals surface area contributed by atoms with Crippen LogP contribution in [0.5, 0.6) is 0 Å². The number of aliphatic carboxylic acids is 1. The number of halogens is 1. The minimum absolute atomic E-state index is 0. The molecule has 0 radical (unpaired) electrons. The first-order valence-corrected chi connectivity index (χ1v) is 4.18.